The number of hydrogen-bond acceptors (Lipinski definition) is 3. The van der Waals surface area contributed by atoms with Crippen molar-refractivity contribution in [3.63, 3.8) is 0 Å². The molecule has 0 atom stereocenters. The number of nitrogens with one attached hydrogen (secondary N) is 1. The maximum atomic E-state index is 6.03. The lowest BCUT2D eigenvalue weighted by atomic mass is 10.2. The summed E-state index contributed by atoms with van der Waals surface area (Å²) in [5.74, 6) is 0. The van der Waals surface area contributed by atoms with Crippen molar-refractivity contribution in [3.8, 4) is 0 Å². The van der Waals surface area contributed by atoms with E-state index in [1.165, 1.54) is 14.7 Å². The average molecular weight is 270 g/mol. The molecule has 1 heterocycles. The highest BCUT2D eigenvalue weighted by Crippen LogP contribution is 2.34. The topological polar surface area (TPSA) is 12.0 Å². The summed E-state index contributed by atoms with van der Waals surface area (Å²) in [7, 11) is 1.95. The van der Waals surface area contributed by atoms with Gasteiger partial charge >= 0.3 is 0 Å². The van der Waals surface area contributed by atoms with Crippen LogP contribution in [0.5, 0.6) is 0 Å². The van der Waals surface area contributed by atoms with Crippen molar-refractivity contribution in [2.24, 2.45) is 0 Å². The SMILES string of the molecule is CNCc1ccc(Cl)cc1Sc1cccs1. The summed E-state index contributed by atoms with van der Waals surface area (Å²) >= 11 is 9.55. The number of halogens is 1. The summed E-state index contributed by atoms with van der Waals surface area (Å²) in [4.78, 5) is 1.23. The molecule has 0 radical (unpaired) electrons. The van der Waals surface area contributed by atoms with E-state index in [4.69, 9.17) is 11.6 Å². The van der Waals surface area contributed by atoms with Crippen LogP contribution in [0.25, 0.3) is 0 Å². The first kappa shape index (κ1) is 12.0. The fraction of sp³-hybridized carbons (Fsp3) is 0.167. The minimum atomic E-state index is 0.791. The van der Waals surface area contributed by atoms with Crippen molar-refractivity contribution >= 4 is 34.7 Å². The Balaban J connectivity index is 2.26. The zero-order chi connectivity index (χ0) is 11.4. The van der Waals surface area contributed by atoms with Gasteiger partial charge in [-0.2, -0.15) is 0 Å². The van der Waals surface area contributed by atoms with Crippen LogP contribution in [0, 0.1) is 0 Å². The van der Waals surface area contributed by atoms with E-state index >= 15 is 0 Å². The predicted octanol–water partition coefficient (Wildman–Crippen LogP) is 4.27. The van der Waals surface area contributed by atoms with Gasteiger partial charge in [0.2, 0.25) is 0 Å². The first-order valence-electron chi connectivity index (χ1n) is 4.94. The highest BCUT2D eigenvalue weighted by molar-refractivity contribution is 8.01. The molecule has 0 bridgehead atoms. The van der Waals surface area contributed by atoms with Crippen molar-refractivity contribution in [3.05, 3.63) is 46.3 Å². The van der Waals surface area contributed by atoms with Crippen LogP contribution < -0.4 is 5.32 Å². The zero-order valence-electron chi connectivity index (χ0n) is 8.87. The molecule has 0 spiro atoms. The molecule has 0 aliphatic carbocycles. The van der Waals surface area contributed by atoms with Crippen LogP contribution in [0.4, 0.5) is 0 Å². The second-order valence-electron chi connectivity index (χ2n) is 3.32. The summed E-state index contributed by atoms with van der Waals surface area (Å²) in [5, 5.41) is 6.05. The van der Waals surface area contributed by atoms with Gasteiger partial charge in [0.1, 0.15) is 0 Å². The molecule has 0 fully saturated rings. The molecule has 1 aromatic carbocycles. The largest absolute Gasteiger partial charge is 0.316 e. The van der Waals surface area contributed by atoms with E-state index in [2.05, 4.69) is 28.9 Å². The Bertz CT molecular complexity index is 454. The van der Waals surface area contributed by atoms with Crippen molar-refractivity contribution < 1.29 is 0 Å². The molecular weight excluding hydrogens is 258 g/mol. The van der Waals surface area contributed by atoms with Gasteiger partial charge in [-0.3, -0.25) is 0 Å². The highest BCUT2D eigenvalue weighted by atomic mass is 35.5. The molecule has 0 unspecified atom stereocenters. The van der Waals surface area contributed by atoms with E-state index in [-0.39, 0.29) is 0 Å². The number of hydrogen-bond donors (Lipinski definition) is 1. The Morgan fingerprint density at radius 3 is 2.94 bits per heavy atom. The maximum Gasteiger partial charge on any atom is 0.0646 e. The van der Waals surface area contributed by atoms with Gasteiger partial charge in [-0.05, 0) is 36.2 Å². The van der Waals surface area contributed by atoms with E-state index in [1.807, 2.05) is 19.2 Å². The molecule has 2 aromatic rings. The summed E-state index contributed by atoms with van der Waals surface area (Å²) in [6.45, 7) is 0.866. The van der Waals surface area contributed by atoms with Gasteiger partial charge in [0.15, 0.2) is 0 Å². The molecule has 0 saturated carbocycles. The van der Waals surface area contributed by atoms with Crippen molar-refractivity contribution in [1.29, 1.82) is 0 Å². The Morgan fingerprint density at radius 2 is 2.25 bits per heavy atom. The van der Waals surface area contributed by atoms with E-state index in [0.717, 1.165) is 11.6 Å². The molecule has 16 heavy (non-hydrogen) atoms. The fourth-order valence-corrected chi connectivity index (χ4v) is 3.52. The highest BCUT2D eigenvalue weighted by Gasteiger charge is 2.05. The quantitative estimate of drug-likeness (QED) is 0.890. The molecule has 1 N–H and O–H groups in total. The predicted molar refractivity (Wildman–Crippen MR) is 72.7 cm³/mol. The Hall–Kier alpha value is -0.480. The Labute approximate surface area is 109 Å². The first-order chi connectivity index (χ1) is 7.79. The second-order valence-corrected chi connectivity index (χ2v) is 6.04. The van der Waals surface area contributed by atoms with Gasteiger partial charge in [0, 0.05) is 16.5 Å². The zero-order valence-corrected chi connectivity index (χ0v) is 11.3. The fourth-order valence-electron chi connectivity index (χ4n) is 1.39. The number of benzene rings is 1. The molecule has 0 saturated heterocycles. The first-order valence-corrected chi connectivity index (χ1v) is 7.01. The van der Waals surface area contributed by atoms with Crippen LogP contribution in [-0.2, 0) is 6.54 Å². The van der Waals surface area contributed by atoms with Crippen LogP contribution in [0.15, 0.2) is 44.8 Å². The molecule has 4 heteroatoms. The molecular formula is C12H12ClNS2. The monoisotopic (exact) mass is 269 g/mol. The summed E-state index contributed by atoms with van der Waals surface area (Å²) in [6, 6.07) is 10.2. The van der Waals surface area contributed by atoms with Gasteiger partial charge in [0.25, 0.3) is 0 Å². The standard InChI is InChI=1S/C12H12ClNS2/c1-14-8-9-4-5-10(13)7-11(9)16-12-3-2-6-15-12/h2-7,14H,8H2,1H3. The summed E-state index contributed by atoms with van der Waals surface area (Å²) < 4.78 is 1.29. The van der Waals surface area contributed by atoms with Crippen LogP contribution in [-0.4, -0.2) is 7.05 Å². The van der Waals surface area contributed by atoms with Crippen molar-refractivity contribution in [2.75, 3.05) is 7.05 Å². The van der Waals surface area contributed by atoms with Crippen LogP contribution >= 0.6 is 34.7 Å². The Kier molecular flexibility index (Phi) is 4.29. The third kappa shape index (κ3) is 3.01. The van der Waals surface area contributed by atoms with E-state index in [9.17, 15) is 0 Å². The lowest BCUT2D eigenvalue weighted by Gasteiger charge is -2.08. The van der Waals surface area contributed by atoms with E-state index < -0.39 is 0 Å². The summed E-state index contributed by atoms with van der Waals surface area (Å²) in [6.07, 6.45) is 0. The lowest BCUT2D eigenvalue weighted by Crippen LogP contribution is -2.05. The molecule has 0 amide bonds. The third-order valence-electron chi connectivity index (χ3n) is 2.10. The Morgan fingerprint density at radius 1 is 1.38 bits per heavy atom. The smallest absolute Gasteiger partial charge is 0.0646 e. The second kappa shape index (κ2) is 5.73. The van der Waals surface area contributed by atoms with E-state index in [1.54, 1.807) is 23.1 Å². The molecule has 0 aliphatic heterocycles. The maximum absolute atomic E-state index is 6.03. The van der Waals surface area contributed by atoms with Crippen molar-refractivity contribution in [1.82, 2.24) is 5.32 Å². The molecule has 84 valence electrons. The van der Waals surface area contributed by atoms with Gasteiger partial charge in [0.05, 0.1) is 4.21 Å². The number of rotatable bonds is 4. The molecule has 1 nitrogen and oxygen atoms in total. The minimum Gasteiger partial charge on any atom is -0.316 e. The third-order valence-corrected chi connectivity index (χ3v) is 4.47. The van der Waals surface area contributed by atoms with E-state index in [0.29, 0.717) is 0 Å². The van der Waals surface area contributed by atoms with Crippen molar-refractivity contribution in [2.45, 2.75) is 15.6 Å². The molecule has 0 aliphatic rings. The van der Waals surface area contributed by atoms with Gasteiger partial charge in [-0.1, -0.05) is 35.5 Å². The van der Waals surface area contributed by atoms with Gasteiger partial charge in [-0.15, -0.1) is 11.3 Å². The average Bonchev–Trinajstić information content (AvgIpc) is 2.75. The van der Waals surface area contributed by atoms with Crippen LogP contribution in [0.3, 0.4) is 0 Å². The summed E-state index contributed by atoms with van der Waals surface area (Å²) in [5.41, 5.74) is 1.28. The number of thiophene rings is 1. The molecule has 1 aromatic heterocycles. The minimum absolute atomic E-state index is 0.791. The lowest BCUT2D eigenvalue weighted by molar-refractivity contribution is 0.803. The van der Waals surface area contributed by atoms with Gasteiger partial charge in [-0.25, -0.2) is 0 Å². The normalized spacial score (nSPS) is 10.6. The van der Waals surface area contributed by atoms with Gasteiger partial charge < -0.3 is 5.32 Å². The van der Waals surface area contributed by atoms with Crippen LogP contribution in [0.1, 0.15) is 5.56 Å². The van der Waals surface area contributed by atoms with Crippen LogP contribution in [0.2, 0.25) is 5.02 Å². The molecule has 2 rings (SSSR count).